The Balaban J connectivity index is 1.68. The van der Waals surface area contributed by atoms with Crippen molar-refractivity contribution in [3.63, 3.8) is 0 Å². The Hall–Kier alpha value is -3.11. The maximum absolute atomic E-state index is 14.0. The number of halogens is 1. The lowest BCUT2D eigenvalue weighted by atomic mass is 9.59. The first-order chi connectivity index (χ1) is 14.5. The molecule has 1 fully saturated rings. The monoisotopic (exact) mass is 417 g/mol. The predicted octanol–water partition coefficient (Wildman–Crippen LogP) is 4.99. The van der Waals surface area contributed by atoms with Crippen molar-refractivity contribution < 1.29 is 14.3 Å². The van der Waals surface area contributed by atoms with E-state index in [9.17, 15) is 9.59 Å². The fraction of sp³-hybridized carbons (Fsp3) is 0.200. The molecule has 0 bridgehead atoms. The molecule has 0 saturated carbocycles. The van der Waals surface area contributed by atoms with Crippen LogP contribution in [0.5, 0.6) is 0 Å². The second kappa shape index (κ2) is 6.71. The average molecular weight is 418 g/mol. The van der Waals surface area contributed by atoms with E-state index < -0.39 is 11.0 Å². The highest BCUT2D eigenvalue weighted by atomic mass is 35.5. The van der Waals surface area contributed by atoms with Crippen LogP contribution in [0.2, 0.25) is 5.02 Å². The minimum atomic E-state index is -1.36. The summed E-state index contributed by atoms with van der Waals surface area (Å²) < 4.78 is 5.82. The van der Waals surface area contributed by atoms with E-state index in [1.165, 1.54) is 0 Å². The van der Waals surface area contributed by atoms with E-state index in [0.29, 0.717) is 18.0 Å². The Kier molecular flexibility index (Phi) is 4.23. The number of amides is 1. The zero-order valence-corrected chi connectivity index (χ0v) is 17.2. The first-order valence-electron chi connectivity index (χ1n) is 9.99. The second-order valence-electron chi connectivity index (χ2n) is 7.73. The van der Waals surface area contributed by atoms with Crippen molar-refractivity contribution in [1.29, 1.82) is 0 Å². The van der Waals surface area contributed by atoms with Gasteiger partial charge in [0.15, 0.2) is 0 Å². The highest BCUT2D eigenvalue weighted by molar-refractivity contribution is 6.30. The second-order valence-corrected chi connectivity index (χ2v) is 8.17. The Morgan fingerprint density at radius 2 is 1.57 bits per heavy atom. The van der Waals surface area contributed by atoms with Gasteiger partial charge in [-0.1, -0.05) is 79.2 Å². The smallest absolute Gasteiger partial charge is 0.323 e. The average Bonchev–Trinajstić information content (AvgIpc) is 3.01. The molecule has 1 spiro atoms. The summed E-state index contributed by atoms with van der Waals surface area (Å²) in [6.07, 6.45) is 0.437. The summed E-state index contributed by atoms with van der Waals surface area (Å²) in [5.41, 5.74) is 0.828. The number of ether oxygens (including phenoxy) is 1. The third-order valence-corrected chi connectivity index (χ3v) is 6.62. The van der Waals surface area contributed by atoms with Crippen LogP contribution in [-0.4, -0.2) is 11.9 Å². The van der Waals surface area contributed by atoms with Crippen molar-refractivity contribution in [2.75, 3.05) is 4.90 Å². The number of carbonyl (C=O) groups excluding carboxylic acids is 2. The van der Waals surface area contributed by atoms with Gasteiger partial charge in [-0.25, -0.2) is 0 Å². The minimum absolute atomic E-state index is 0.205. The molecule has 2 aliphatic rings. The molecule has 0 N–H and O–H groups in total. The van der Waals surface area contributed by atoms with Gasteiger partial charge in [0.25, 0.3) is 5.91 Å². The maximum atomic E-state index is 14.0. The molecule has 2 heterocycles. The summed E-state index contributed by atoms with van der Waals surface area (Å²) in [5, 5.41) is 0.579. The molecule has 4 nitrogen and oxygen atoms in total. The molecule has 0 radical (unpaired) electrons. The Morgan fingerprint density at radius 3 is 2.23 bits per heavy atom. The number of nitrogens with zero attached hydrogens (tertiary/aromatic N) is 1. The molecular formula is C25H20ClNO3. The summed E-state index contributed by atoms with van der Waals surface area (Å²) >= 11 is 6.09. The number of rotatable bonds is 4. The summed E-state index contributed by atoms with van der Waals surface area (Å²) in [6.45, 7) is 2.34. The highest BCUT2D eigenvalue weighted by Crippen LogP contribution is 2.62. The standard InChI is InChI=1S/C25H20ClNO3/c1-2-24(18-12-14-19(26)15-13-18)23(29)30-25(24)20-10-6-7-11-21(20)27(22(25)28)16-17-8-4-3-5-9-17/h3-15H,2,16H2,1H3/t24-,25-/m1/s1. The van der Waals surface area contributed by atoms with Gasteiger partial charge in [0.1, 0.15) is 5.41 Å². The van der Waals surface area contributed by atoms with E-state index >= 15 is 0 Å². The van der Waals surface area contributed by atoms with Crippen LogP contribution < -0.4 is 4.90 Å². The van der Waals surface area contributed by atoms with Crippen LogP contribution >= 0.6 is 11.6 Å². The fourth-order valence-corrected chi connectivity index (χ4v) is 5.04. The molecule has 3 aromatic carbocycles. The van der Waals surface area contributed by atoms with Crippen molar-refractivity contribution in [1.82, 2.24) is 0 Å². The van der Waals surface area contributed by atoms with Crippen LogP contribution in [0.1, 0.15) is 30.0 Å². The van der Waals surface area contributed by atoms with Gasteiger partial charge in [0.05, 0.1) is 12.2 Å². The van der Waals surface area contributed by atoms with E-state index in [4.69, 9.17) is 16.3 Å². The van der Waals surface area contributed by atoms with Gasteiger partial charge in [-0.05, 0) is 35.7 Å². The number of carbonyl (C=O) groups is 2. The first-order valence-corrected chi connectivity index (χ1v) is 10.4. The zero-order chi connectivity index (χ0) is 20.9. The molecular weight excluding hydrogens is 398 g/mol. The van der Waals surface area contributed by atoms with Crippen LogP contribution in [-0.2, 0) is 31.9 Å². The number of benzene rings is 3. The largest absolute Gasteiger partial charge is 0.441 e. The van der Waals surface area contributed by atoms with Gasteiger partial charge in [0, 0.05) is 10.6 Å². The van der Waals surface area contributed by atoms with Crippen LogP contribution in [0.15, 0.2) is 78.9 Å². The molecule has 1 saturated heterocycles. The van der Waals surface area contributed by atoms with Gasteiger partial charge >= 0.3 is 5.97 Å². The molecule has 0 aliphatic carbocycles. The van der Waals surface area contributed by atoms with E-state index in [1.54, 1.807) is 17.0 Å². The molecule has 30 heavy (non-hydrogen) atoms. The van der Waals surface area contributed by atoms with Crippen LogP contribution in [0.25, 0.3) is 0 Å². The summed E-state index contributed by atoms with van der Waals surface area (Å²) in [5.74, 6) is -0.582. The quantitative estimate of drug-likeness (QED) is 0.562. The summed E-state index contributed by atoms with van der Waals surface area (Å²) in [6, 6.07) is 24.6. The summed E-state index contributed by atoms with van der Waals surface area (Å²) in [4.78, 5) is 28.7. The van der Waals surface area contributed by atoms with E-state index in [1.807, 2.05) is 73.7 Å². The predicted molar refractivity (Wildman–Crippen MR) is 115 cm³/mol. The number of hydrogen-bond acceptors (Lipinski definition) is 3. The molecule has 0 unspecified atom stereocenters. The van der Waals surface area contributed by atoms with Crippen molar-refractivity contribution in [3.05, 3.63) is 101 Å². The number of esters is 1. The van der Waals surface area contributed by atoms with Crippen molar-refractivity contribution in [3.8, 4) is 0 Å². The molecule has 2 atom stereocenters. The van der Waals surface area contributed by atoms with Crippen molar-refractivity contribution in [2.24, 2.45) is 0 Å². The Labute approximate surface area is 180 Å². The third-order valence-electron chi connectivity index (χ3n) is 6.37. The van der Waals surface area contributed by atoms with Crippen LogP contribution in [0.4, 0.5) is 5.69 Å². The normalized spacial score (nSPS) is 24.5. The number of fused-ring (bicyclic) bond motifs is 2. The van der Waals surface area contributed by atoms with Gasteiger partial charge in [-0.3, -0.25) is 9.59 Å². The Bertz CT molecular complexity index is 1140. The fourth-order valence-electron chi connectivity index (χ4n) is 4.92. The minimum Gasteiger partial charge on any atom is -0.441 e. The molecule has 2 aliphatic heterocycles. The molecule has 5 heteroatoms. The van der Waals surface area contributed by atoms with Crippen LogP contribution in [0, 0.1) is 0 Å². The van der Waals surface area contributed by atoms with Crippen LogP contribution in [0.3, 0.4) is 0 Å². The lowest BCUT2D eigenvalue weighted by Gasteiger charge is -2.53. The molecule has 3 aromatic rings. The lowest BCUT2D eigenvalue weighted by molar-refractivity contribution is -0.223. The maximum Gasteiger partial charge on any atom is 0.323 e. The van der Waals surface area contributed by atoms with Gasteiger partial charge in [0.2, 0.25) is 5.60 Å². The van der Waals surface area contributed by atoms with E-state index in [2.05, 4.69) is 0 Å². The number of anilines is 1. The van der Waals surface area contributed by atoms with E-state index in [0.717, 1.165) is 22.4 Å². The summed E-state index contributed by atoms with van der Waals surface area (Å²) in [7, 11) is 0. The molecule has 150 valence electrons. The van der Waals surface area contributed by atoms with Gasteiger partial charge in [-0.2, -0.15) is 0 Å². The van der Waals surface area contributed by atoms with Crippen molar-refractivity contribution in [2.45, 2.75) is 30.9 Å². The van der Waals surface area contributed by atoms with E-state index in [-0.39, 0.29) is 11.9 Å². The molecule has 5 rings (SSSR count). The number of para-hydroxylation sites is 1. The first kappa shape index (κ1) is 18.9. The number of hydrogen-bond donors (Lipinski definition) is 0. The topological polar surface area (TPSA) is 46.6 Å². The zero-order valence-electron chi connectivity index (χ0n) is 16.5. The van der Waals surface area contributed by atoms with Gasteiger partial charge in [-0.15, -0.1) is 0 Å². The SMILES string of the molecule is CC[C@@]1(c2ccc(Cl)cc2)C(=O)O[C@]12C(=O)N(Cc1ccccc1)c1ccccc12. The molecule has 1 amide bonds. The lowest BCUT2D eigenvalue weighted by Crippen LogP contribution is -2.70. The van der Waals surface area contributed by atoms with Gasteiger partial charge < -0.3 is 9.64 Å². The third kappa shape index (κ3) is 2.28. The Morgan fingerprint density at radius 1 is 0.900 bits per heavy atom. The molecule has 0 aromatic heterocycles. The van der Waals surface area contributed by atoms with Crippen molar-refractivity contribution >= 4 is 29.2 Å². The highest BCUT2D eigenvalue weighted by Gasteiger charge is 2.77.